The van der Waals surface area contributed by atoms with Crippen molar-refractivity contribution in [3.8, 4) is 5.82 Å². The Morgan fingerprint density at radius 1 is 1.23 bits per heavy atom. The van der Waals surface area contributed by atoms with Gasteiger partial charge < -0.3 is 15.2 Å². The number of rotatable bonds is 7. The maximum absolute atomic E-state index is 11.9. The third-order valence-corrected chi connectivity index (χ3v) is 4.09. The zero-order valence-corrected chi connectivity index (χ0v) is 14.7. The van der Waals surface area contributed by atoms with E-state index in [2.05, 4.69) is 25.8 Å². The standard InChI is InChI=1S/C16H16N6O3S/c1-11-6-13(21-25-11)20-16(24)9-26-8-15(23)19-12-2-3-14(18-7-12)22-5-4-17-10-22/h2-7,10H,8-9H2,1H3,(H,19,23)(H,20,21,24). The van der Waals surface area contributed by atoms with Gasteiger partial charge in [0.1, 0.15) is 17.9 Å². The Bertz CT molecular complexity index is 876. The topological polar surface area (TPSA) is 115 Å². The molecule has 0 aromatic carbocycles. The van der Waals surface area contributed by atoms with E-state index in [1.807, 2.05) is 0 Å². The molecule has 2 amide bonds. The normalized spacial score (nSPS) is 10.5. The highest BCUT2D eigenvalue weighted by Crippen LogP contribution is 2.11. The van der Waals surface area contributed by atoms with Crippen LogP contribution in [-0.2, 0) is 9.59 Å². The highest BCUT2D eigenvalue weighted by Gasteiger charge is 2.09. The fourth-order valence-electron chi connectivity index (χ4n) is 2.05. The number of amides is 2. The fourth-order valence-corrected chi connectivity index (χ4v) is 2.66. The van der Waals surface area contributed by atoms with E-state index in [1.54, 1.807) is 54.6 Å². The average molecular weight is 372 g/mol. The smallest absolute Gasteiger partial charge is 0.235 e. The lowest BCUT2D eigenvalue weighted by atomic mass is 10.4. The van der Waals surface area contributed by atoms with Crippen molar-refractivity contribution in [2.75, 3.05) is 22.1 Å². The molecule has 0 bridgehead atoms. The summed E-state index contributed by atoms with van der Waals surface area (Å²) < 4.78 is 6.62. The van der Waals surface area contributed by atoms with Gasteiger partial charge in [-0.25, -0.2) is 9.97 Å². The predicted molar refractivity (Wildman–Crippen MR) is 97.2 cm³/mol. The van der Waals surface area contributed by atoms with E-state index in [-0.39, 0.29) is 23.3 Å². The molecule has 0 radical (unpaired) electrons. The Balaban J connectivity index is 1.40. The van der Waals surface area contributed by atoms with Crippen molar-refractivity contribution in [3.05, 3.63) is 48.9 Å². The van der Waals surface area contributed by atoms with Crippen molar-refractivity contribution in [1.29, 1.82) is 0 Å². The second-order valence-electron chi connectivity index (χ2n) is 5.29. The van der Waals surface area contributed by atoms with E-state index in [9.17, 15) is 9.59 Å². The van der Waals surface area contributed by atoms with Gasteiger partial charge in [-0.15, -0.1) is 11.8 Å². The van der Waals surface area contributed by atoms with Gasteiger partial charge in [0.05, 0.1) is 23.4 Å². The second kappa shape index (κ2) is 8.30. The zero-order valence-electron chi connectivity index (χ0n) is 13.9. The SMILES string of the molecule is Cc1cc(NC(=O)CSCC(=O)Nc2ccc(-n3ccnc3)nc2)no1. The average Bonchev–Trinajstić information content (AvgIpc) is 3.27. The van der Waals surface area contributed by atoms with Gasteiger partial charge in [-0.2, -0.15) is 0 Å². The van der Waals surface area contributed by atoms with Crippen molar-refractivity contribution in [1.82, 2.24) is 19.7 Å². The molecule has 0 fully saturated rings. The largest absolute Gasteiger partial charge is 0.360 e. The third-order valence-electron chi connectivity index (χ3n) is 3.16. The first-order valence-corrected chi connectivity index (χ1v) is 8.81. The summed E-state index contributed by atoms with van der Waals surface area (Å²) in [5, 5.41) is 9.00. The van der Waals surface area contributed by atoms with Gasteiger partial charge >= 0.3 is 0 Å². The molecule has 0 saturated carbocycles. The summed E-state index contributed by atoms with van der Waals surface area (Å²) in [6.07, 6.45) is 6.65. The molecule has 3 aromatic heterocycles. The summed E-state index contributed by atoms with van der Waals surface area (Å²) >= 11 is 1.20. The molecule has 0 atom stereocenters. The number of imidazole rings is 1. The van der Waals surface area contributed by atoms with Crippen LogP contribution in [0.1, 0.15) is 5.76 Å². The molecule has 0 aliphatic heterocycles. The number of carbonyl (C=O) groups excluding carboxylic acids is 2. The minimum absolute atomic E-state index is 0.136. The predicted octanol–water partition coefficient (Wildman–Crippen LogP) is 1.87. The minimum atomic E-state index is -0.248. The van der Waals surface area contributed by atoms with Crippen molar-refractivity contribution >= 4 is 35.1 Å². The first-order chi connectivity index (χ1) is 12.6. The molecule has 10 heteroatoms. The summed E-state index contributed by atoms with van der Waals surface area (Å²) in [5.74, 6) is 1.50. The maximum Gasteiger partial charge on any atom is 0.235 e. The molecule has 0 unspecified atom stereocenters. The molecule has 3 aromatic rings. The summed E-state index contributed by atoms with van der Waals surface area (Å²) in [5.41, 5.74) is 0.585. The van der Waals surface area contributed by atoms with Crippen LogP contribution in [0.25, 0.3) is 5.82 Å². The number of aryl methyl sites for hydroxylation is 1. The third kappa shape index (κ3) is 4.93. The van der Waals surface area contributed by atoms with Gasteiger partial charge in [0, 0.05) is 18.5 Å². The lowest BCUT2D eigenvalue weighted by Gasteiger charge is -2.06. The van der Waals surface area contributed by atoms with E-state index in [1.165, 1.54) is 11.8 Å². The summed E-state index contributed by atoms with van der Waals surface area (Å²) in [7, 11) is 0. The van der Waals surface area contributed by atoms with Gasteiger partial charge in [0.25, 0.3) is 0 Å². The number of thioether (sulfide) groups is 1. The lowest BCUT2D eigenvalue weighted by Crippen LogP contribution is -2.18. The second-order valence-corrected chi connectivity index (χ2v) is 6.27. The Labute approximate surface area is 153 Å². The van der Waals surface area contributed by atoms with Crippen LogP contribution in [0.3, 0.4) is 0 Å². The van der Waals surface area contributed by atoms with E-state index in [4.69, 9.17) is 4.52 Å². The quantitative estimate of drug-likeness (QED) is 0.650. The Morgan fingerprint density at radius 2 is 2.04 bits per heavy atom. The molecule has 0 aliphatic rings. The Kier molecular flexibility index (Phi) is 5.64. The highest BCUT2D eigenvalue weighted by atomic mass is 32.2. The number of carbonyl (C=O) groups is 2. The summed E-state index contributed by atoms with van der Waals surface area (Å²) in [6.45, 7) is 1.73. The van der Waals surface area contributed by atoms with Crippen LogP contribution in [-0.4, -0.2) is 43.0 Å². The van der Waals surface area contributed by atoms with Crippen molar-refractivity contribution in [2.45, 2.75) is 6.92 Å². The molecule has 26 heavy (non-hydrogen) atoms. The molecule has 0 spiro atoms. The minimum Gasteiger partial charge on any atom is -0.360 e. The van der Waals surface area contributed by atoms with Crippen molar-refractivity contribution in [2.24, 2.45) is 0 Å². The number of nitrogens with zero attached hydrogens (tertiary/aromatic N) is 4. The number of pyridine rings is 1. The summed E-state index contributed by atoms with van der Waals surface area (Å²) in [6, 6.07) is 5.15. The first kappa shape index (κ1) is 17.7. The van der Waals surface area contributed by atoms with E-state index < -0.39 is 0 Å². The van der Waals surface area contributed by atoms with Gasteiger partial charge in [0.15, 0.2) is 5.82 Å². The van der Waals surface area contributed by atoms with Gasteiger partial charge in [-0.3, -0.25) is 14.2 Å². The molecule has 0 saturated heterocycles. The van der Waals surface area contributed by atoms with E-state index in [0.717, 1.165) is 0 Å². The zero-order chi connectivity index (χ0) is 18.4. The van der Waals surface area contributed by atoms with Crippen LogP contribution in [0.15, 0.2) is 47.6 Å². The van der Waals surface area contributed by atoms with Crippen LogP contribution in [0.4, 0.5) is 11.5 Å². The van der Waals surface area contributed by atoms with Crippen LogP contribution in [0, 0.1) is 6.92 Å². The first-order valence-electron chi connectivity index (χ1n) is 7.65. The molecule has 2 N–H and O–H groups in total. The van der Waals surface area contributed by atoms with Gasteiger partial charge in [-0.05, 0) is 19.1 Å². The van der Waals surface area contributed by atoms with Crippen LogP contribution < -0.4 is 10.6 Å². The highest BCUT2D eigenvalue weighted by molar-refractivity contribution is 8.00. The number of nitrogens with one attached hydrogen (secondary N) is 2. The van der Waals surface area contributed by atoms with Crippen LogP contribution in [0.5, 0.6) is 0 Å². The number of aromatic nitrogens is 4. The number of hydrogen-bond donors (Lipinski definition) is 2. The summed E-state index contributed by atoms with van der Waals surface area (Å²) in [4.78, 5) is 31.9. The Morgan fingerprint density at radius 3 is 2.65 bits per heavy atom. The Hall–Kier alpha value is -3.14. The molecule has 134 valence electrons. The molecular formula is C16H16N6O3S. The van der Waals surface area contributed by atoms with Crippen molar-refractivity contribution in [3.63, 3.8) is 0 Å². The van der Waals surface area contributed by atoms with Crippen molar-refractivity contribution < 1.29 is 14.1 Å². The number of hydrogen-bond acceptors (Lipinski definition) is 7. The van der Waals surface area contributed by atoms with Crippen LogP contribution in [0.2, 0.25) is 0 Å². The molecule has 0 aliphatic carbocycles. The maximum atomic E-state index is 11.9. The lowest BCUT2D eigenvalue weighted by molar-refractivity contribution is -0.114. The molecule has 9 nitrogen and oxygen atoms in total. The van der Waals surface area contributed by atoms with Crippen LogP contribution >= 0.6 is 11.8 Å². The fraction of sp³-hybridized carbons (Fsp3) is 0.188. The van der Waals surface area contributed by atoms with Gasteiger partial charge in [0.2, 0.25) is 11.8 Å². The van der Waals surface area contributed by atoms with E-state index in [0.29, 0.717) is 23.1 Å². The number of anilines is 2. The molecular weight excluding hydrogens is 356 g/mol. The molecule has 3 rings (SSSR count). The molecule has 3 heterocycles. The van der Waals surface area contributed by atoms with E-state index >= 15 is 0 Å². The monoisotopic (exact) mass is 372 g/mol. The van der Waals surface area contributed by atoms with Gasteiger partial charge in [-0.1, -0.05) is 5.16 Å².